The molecule has 0 aromatic carbocycles. The molecule has 0 atom stereocenters. The van der Waals surface area contributed by atoms with Crippen molar-refractivity contribution in [2.75, 3.05) is 19.0 Å². The van der Waals surface area contributed by atoms with Crippen molar-refractivity contribution in [3.05, 3.63) is 23.0 Å². The number of aromatic amines is 1. The van der Waals surface area contributed by atoms with Gasteiger partial charge in [-0.25, -0.2) is 0 Å². The summed E-state index contributed by atoms with van der Waals surface area (Å²) in [5, 5.41) is 0. The number of aromatic nitrogens is 1. The highest BCUT2D eigenvalue weighted by molar-refractivity contribution is 7.71. The van der Waals surface area contributed by atoms with Gasteiger partial charge in [0.25, 0.3) is 0 Å². The first-order valence-electron chi connectivity index (χ1n) is 3.06. The molecule has 54 valence electrons. The van der Waals surface area contributed by atoms with E-state index in [0.717, 1.165) is 10.3 Å². The molecule has 1 heterocycles. The molecule has 0 saturated heterocycles. The lowest BCUT2D eigenvalue weighted by atomic mass is 10.4. The van der Waals surface area contributed by atoms with Crippen LogP contribution >= 0.6 is 12.2 Å². The minimum absolute atomic E-state index is 0.770. The second kappa shape index (κ2) is 2.84. The smallest absolute Gasteiger partial charge is 0.105 e. The zero-order valence-corrected chi connectivity index (χ0v) is 6.90. The summed E-state index contributed by atoms with van der Waals surface area (Å²) in [6.07, 6.45) is 1.84. The van der Waals surface area contributed by atoms with Gasteiger partial charge in [-0.2, -0.15) is 0 Å². The van der Waals surface area contributed by atoms with E-state index in [1.807, 2.05) is 37.3 Å². The van der Waals surface area contributed by atoms with Crippen molar-refractivity contribution in [1.82, 2.24) is 4.98 Å². The third-order valence-electron chi connectivity index (χ3n) is 1.28. The summed E-state index contributed by atoms with van der Waals surface area (Å²) in [5.74, 6) is 0. The Balaban J connectivity index is 3.07. The third-order valence-corrected chi connectivity index (χ3v) is 1.51. The van der Waals surface area contributed by atoms with E-state index in [0.29, 0.717) is 0 Å². The molecule has 0 saturated carbocycles. The molecule has 1 N–H and O–H groups in total. The maximum Gasteiger partial charge on any atom is 0.105 e. The van der Waals surface area contributed by atoms with Crippen LogP contribution in [0.15, 0.2) is 18.3 Å². The van der Waals surface area contributed by atoms with Crippen molar-refractivity contribution in [2.45, 2.75) is 0 Å². The Morgan fingerprint density at radius 2 is 2.20 bits per heavy atom. The van der Waals surface area contributed by atoms with Crippen molar-refractivity contribution >= 4 is 17.9 Å². The summed E-state index contributed by atoms with van der Waals surface area (Å²) in [5.41, 5.74) is 1.13. The Bertz CT molecular complexity index is 264. The van der Waals surface area contributed by atoms with Gasteiger partial charge < -0.3 is 9.88 Å². The molecule has 0 fully saturated rings. The van der Waals surface area contributed by atoms with E-state index in [9.17, 15) is 0 Å². The van der Waals surface area contributed by atoms with Crippen LogP contribution in [0.2, 0.25) is 0 Å². The molecule has 0 aliphatic rings. The predicted octanol–water partition coefficient (Wildman–Crippen LogP) is 1.81. The van der Waals surface area contributed by atoms with Crippen molar-refractivity contribution in [3.63, 3.8) is 0 Å². The third kappa shape index (κ3) is 1.57. The zero-order valence-electron chi connectivity index (χ0n) is 6.09. The van der Waals surface area contributed by atoms with Crippen LogP contribution in [0.1, 0.15) is 0 Å². The highest BCUT2D eigenvalue weighted by Gasteiger charge is 1.90. The number of anilines is 1. The fourth-order valence-electron chi connectivity index (χ4n) is 0.711. The molecule has 1 aromatic rings. The van der Waals surface area contributed by atoms with E-state index in [-0.39, 0.29) is 0 Å². The summed E-state index contributed by atoms with van der Waals surface area (Å²) in [6, 6.07) is 3.91. The van der Waals surface area contributed by atoms with Crippen LogP contribution in [-0.4, -0.2) is 19.1 Å². The molecule has 0 radical (unpaired) electrons. The molecule has 0 bridgehead atoms. The van der Waals surface area contributed by atoms with Gasteiger partial charge in [-0.1, -0.05) is 12.2 Å². The first kappa shape index (κ1) is 7.28. The fraction of sp³-hybridized carbons (Fsp3) is 0.286. The molecule has 3 heteroatoms. The van der Waals surface area contributed by atoms with E-state index in [4.69, 9.17) is 12.2 Å². The second-order valence-electron chi connectivity index (χ2n) is 2.31. The van der Waals surface area contributed by atoms with Crippen molar-refractivity contribution < 1.29 is 0 Å². The first-order valence-corrected chi connectivity index (χ1v) is 3.47. The Hall–Kier alpha value is -0.830. The number of rotatable bonds is 1. The Labute approximate surface area is 65.5 Å². The molecule has 0 aliphatic heterocycles. The minimum atomic E-state index is 0.770. The molecular formula is C7H10N2S. The molecule has 0 aliphatic carbocycles. The van der Waals surface area contributed by atoms with Crippen molar-refractivity contribution in [1.29, 1.82) is 0 Å². The lowest BCUT2D eigenvalue weighted by molar-refractivity contribution is 1.12. The Morgan fingerprint density at radius 3 is 2.60 bits per heavy atom. The van der Waals surface area contributed by atoms with Gasteiger partial charge in [0.15, 0.2) is 0 Å². The molecule has 1 rings (SSSR count). The van der Waals surface area contributed by atoms with Gasteiger partial charge in [0.2, 0.25) is 0 Å². The van der Waals surface area contributed by atoms with Crippen LogP contribution in [0.5, 0.6) is 0 Å². The zero-order chi connectivity index (χ0) is 7.56. The van der Waals surface area contributed by atoms with Gasteiger partial charge in [-0.15, -0.1) is 0 Å². The Kier molecular flexibility index (Phi) is 2.06. The number of pyridine rings is 1. The topological polar surface area (TPSA) is 19.0 Å². The number of hydrogen-bond acceptors (Lipinski definition) is 2. The van der Waals surface area contributed by atoms with Gasteiger partial charge in [0.1, 0.15) is 4.64 Å². The maximum absolute atomic E-state index is 4.94. The Morgan fingerprint density at radius 1 is 1.50 bits per heavy atom. The number of H-pyrrole nitrogens is 1. The van der Waals surface area contributed by atoms with Crippen LogP contribution in [-0.2, 0) is 0 Å². The quantitative estimate of drug-likeness (QED) is 0.622. The van der Waals surface area contributed by atoms with Crippen LogP contribution in [0.4, 0.5) is 5.69 Å². The standard InChI is InChI=1S/C7H10N2S/c1-9(2)6-3-4-8-7(10)5-6/h3-5H,1-2H3,(H,8,10). The second-order valence-corrected chi connectivity index (χ2v) is 2.75. The summed E-state index contributed by atoms with van der Waals surface area (Å²) in [7, 11) is 3.98. The maximum atomic E-state index is 4.94. The molecule has 0 amide bonds. The lowest BCUT2D eigenvalue weighted by Gasteiger charge is -2.10. The summed E-state index contributed by atoms with van der Waals surface area (Å²) < 4.78 is 0.770. The van der Waals surface area contributed by atoms with Gasteiger partial charge in [-0.3, -0.25) is 0 Å². The molecule has 10 heavy (non-hydrogen) atoms. The monoisotopic (exact) mass is 154 g/mol. The summed E-state index contributed by atoms with van der Waals surface area (Å²) >= 11 is 4.94. The highest BCUT2D eigenvalue weighted by Crippen LogP contribution is 2.07. The lowest BCUT2D eigenvalue weighted by Crippen LogP contribution is -2.08. The van der Waals surface area contributed by atoms with Gasteiger partial charge in [-0.05, 0) is 12.1 Å². The van der Waals surface area contributed by atoms with E-state index >= 15 is 0 Å². The van der Waals surface area contributed by atoms with Crippen LogP contribution in [0.3, 0.4) is 0 Å². The SMILES string of the molecule is CN(C)c1cc[nH]c(=S)c1. The summed E-state index contributed by atoms with van der Waals surface area (Å²) in [6.45, 7) is 0. The number of nitrogens with one attached hydrogen (secondary N) is 1. The molecular weight excluding hydrogens is 144 g/mol. The van der Waals surface area contributed by atoms with Crippen molar-refractivity contribution in [2.24, 2.45) is 0 Å². The normalized spacial score (nSPS) is 9.40. The van der Waals surface area contributed by atoms with E-state index in [2.05, 4.69) is 4.98 Å². The van der Waals surface area contributed by atoms with E-state index < -0.39 is 0 Å². The van der Waals surface area contributed by atoms with E-state index in [1.54, 1.807) is 0 Å². The minimum Gasteiger partial charge on any atom is -0.378 e. The average Bonchev–Trinajstić information content (AvgIpc) is 1.88. The van der Waals surface area contributed by atoms with Gasteiger partial charge in [0.05, 0.1) is 0 Å². The molecule has 0 spiro atoms. The predicted molar refractivity (Wildman–Crippen MR) is 46.0 cm³/mol. The first-order chi connectivity index (χ1) is 4.70. The van der Waals surface area contributed by atoms with Crippen molar-refractivity contribution in [3.8, 4) is 0 Å². The van der Waals surface area contributed by atoms with Gasteiger partial charge >= 0.3 is 0 Å². The molecule has 0 unspecified atom stereocenters. The van der Waals surface area contributed by atoms with Crippen LogP contribution < -0.4 is 4.90 Å². The molecule has 1 aromatic heterocycles. The highest BCUT2D eigenvalue weighted by atomic mass is 32.1. The number of nitrogens with zero attached hydrogens (tertiary/aromatic N) is 1. The fourth-order valence-corrected chi connectivity index (χ4v) is 0.900. The largest absolute Gasteiger partial charge is 0.378 e. The van der Waals surface area contributed by atoms with Gasteiger partial charge in [0, 0.05) is 26.0 Å². The van der Waals surface area contributed by atoms with E-state index in [1.165, 1.54) is 0 Å². The van der Waals surface area contributed by atoms with Crippen LogP contribution in [0, 0.1) is 4.64 Å². The molecule has 2 nitrogen and oxygen atoms in total. The average molecular weight is 154 g/mol. The summed E-state index contributed by atoms with van der Waals surface area (Å²) in [4.78, 5) is 4.93. The number of hydrogen-bond donors (Lipinski definition) is 1. The van der Waals surface area contributed by atoms with Crippen LogP contribution in [0.25, 0.3) is 0 Å².